The minimum absolute atomic E-state index is 0.192. The fraction of sp³-hybridized carbons (Fsp3) is 0.583. The molecule has 0 N–H and O–H groups in total. The molecule has 0 aromatic carbocycles. The van der Waals surface area contributed by atoms with Gasteiger partial charge in [0.15, 0.2) is 0 Å². The smallest absolute Gasteiger partial charge is 0.236 e. The molecular formula is C12H17ClN4O. The minimum Gasteiger partial charge on any atom is -0.342 e. The van der Waals surface area contributed by atoms with E-state index in [0.717, 1.165) is 31.6 Å². The van der Waals surface area contributed by atoms with Crippen LogP contribution in [0.2, 0.25) is 5.15 Å². The minimum atomic E-state index is 0.192. The largest absolute Gasteiger partial charge is 0.342 e. The molecule has 5 nitrogen and oxygen atoms in total. The Labute approximate surface area is 112 Å². The van der Waals surface area contributed by atoms with Gasteiger partial charge in [0.05, 0.1) is 24.6 Å². The van der Waals surface area contributed by atoms with Crippen molar-refractivity contribution in [2.24, 2.45) is 0 Å². The molecule has 0 atom stereocenters. The van der Waals surface area contributed by atoms with Gasteiger partial charge in [0.2, 0.25) is 5.91 Å². The van der Waals surface area contributed by atoms with Crippen molar-refractivity contribution in [3.63, 3.8) is 0 Å². The van der Waals surface area contributed by atoms with Gasteiger partial charge in [-0.15, -0.1) is 0 Å². The number of hydrogen-bond acceptors (Lipinski definition) is 4. The second kappa shape index (κ2) is 6.11. The number of nitrogens with zero attached hydrogens (tertiary/aromatic N) is 4. The normalized spacial score (nSPS) is 15.4. The van der Waals surface area contributed by atoms with Gasteiger partial charge in [-0.2, -0.15) is 0 Å². The van der Waals surface area contributed by atoms with Crippen LogP contribution in [0.1, 0.15) is 18.5 Å². The fourth-order valence-electron chi connectivity index (χ4n) is 2.05. The van der Waals surface area contributed by atoms with Crippen LogP contribution in [0.5, 0.6) is 0 Å². The van der Waals surface area contributed by atoms with E-state index < -0.39 is 0 Å². The third-order valence-corrected chi connectivity index (χ3v) is 3.16. The molecule has 98 valence electrons. The topological polar surface area (TPSA) is 49.3 Å². The Morgan fingerprint density at radius 2 is 2.11 bits per heavy atom. The lowest BCUT2D eigenvalue weighted by atomic mass is 10.4. The molecule has 1 fully saturated rings. The summed E-state index contributed by atoms with van der Waals surface area (Å²) in [7, 11) is 1.91. The average Bonchev–Trinajstić information content (AvgIpc) is 2.85. The van der Waals surface area contributed by atoms with Crippen molar-refractivity contribution in [1.29, 1.82) is 0 Å². The molecule has 0 bridgehead atoms. The molecule has 1 aromatic heterocycles. The van der Waals surface area contributed by atoms with Gasteiger partial charge in [-0.1, -0.05) is 11.6 Å². The summed E-state index contributed by atoms with van der Waals surface area (Å²) in [5.41, 5.74) is 0.816. The van der Waals surface area contributed by atoms with Crippen LogP contribution in [0.15, 0.2) is 12.4 Å². The molecule has 1 aliphatic heterocycles. The number of rotatable bonds is 4. The highest BCUT2D eigenvalue weighted by Crippen LogP contribution is 2.08. The monoisotopic (exact) mass is 268 g/mol. The Morgan fingerprint density at radius 3 is 2.72 bits per heavy atom. The highest BCUT2D eigenvalue weighted by Gasteiger charge is 2.19. The molecule has 1 amide bonds. The average molecular weight is 269 g/mol. The van der Waals surface area contributed by atoms with Gasteiger partial charge >= 0.3 is 0 Å². The van der Waals surface area contributed by atoms with Gasteiger partial charge in [0.25, 0.3) is 0 Å². The lowest BCUT2D eigenvalue weighted by Crippen LogP contribution is -2.37. The molecule has 6 heteroatoms. The third-order valence-electron chi connectivity index (χ3n) is 2.97. The van der Waals surface area contributed by atoms with Gasteiger partial charge in [-0.25, -0.2) is 4.98 Å². The molecule has 0 radical (unpaired) electrons. The van der Waals surface area contributed by atoms with Crippen LogP contribution in [0, 0.1) is 0 Å². The van der Waals surface area contributed by atoms with Gasteiger partial charge in [-0.3, -0.25) is 14.7 Å². The van der Waals surface area contributed by atoms with Crippen LogP contribution in [-0.4, -0.2) is 52.4 Å². The predicted octanol–water partition coefficient (Wildman–Crippen LogP) is 1.18. The van der Waals surface area contributed by atoms with Crippen molar-refractivity contribution in [1.82, 2.24) is 19.8 Å². The van der Waals surface area contributed by atoms with Crippen molar-refractivity contribution in [2.75, 3.05) is 26.7 Å². The zero-order valence-electron chi connectivity index (χ0n) is 10.5. The zero-order chi connectivity index (χ0) is 13.0. The van der Waals surface area contributed by atoms with Crippen LogP contribution in [0.3, 0.4) is 0 Å². The quantitative estimate of drug-likeness (QED) is 0.823. The summed E-state index contributed by atoms with van der Waals surface area (Å²) in [6, 6.07) is 0. The van der Waals surface area contributed by atoms with Crippen molar-refractivity contribution in [3.8, 4) is 0 Å². The van der Waals surface area contributed by atoms with Crippen LogP contribution in [0.25, 0.3) is 0 Å². The maximum Gasteiger partial charge on any atom is 0.236 e. The maximum atomic E-state index is 11.9. The Hall–Kier alpha value is -1.20. The zero-order valence-corrected chi connectivity index (χ0v) is 11.2. The van der Waals surface area contributed by atoms with Crippen LogP contribution < -0.4 is 0 Å². The third kappa shape index (κ3) is 3.65. The SMILES string of the molecule is CN(CC(=O)N1CCCC1)Cc1cnc(Cl)cn1. The fourth-order valence-corrected chi connectivity index (χ4v) is 2.15. The van der Waals surface area contributed by atoms with Crippen molar-refractivity contribution >= 4 is 17.5 Å². The van der Waals surface area contributed by atoms with E-state index in [1.54, 1.807) is 6.20 Å². The molecular weight excluding hydrogens is 252 g/mol. The summed E-state index contributed by atoms with van der Waals surface area (Å²) >= 11 is 5.67. The van der Waals surface area contributed by atoms with Crippen molar-refractivity contribution < 1.29 is 4.79 Å². The molecule has 0 unspecified atom stereocenters. The Balaban J connectivity index is 1.82. The number of carbonyl (C=O) groups excluding carboxylic acids is 1. The first-order chi connectivity index (χ1) is 8.65. The highest BCUT2D eigenvalue weighted by atomic mass is 35.5. The van der Waals surface area contributed by atoms with Gasteiger partial charge in [0.1, 0.15) is 5.15 Å². The number of halogens is 1. The van der Waals surface area contributed by atoms with Crippen LogP contribution in [-0.2, 0) is 11.3 Å². The molecule has 1 saturated heterocycles. The lowest BCUT2D eigenvalue weighted by molar-refractivity contribution is -0.131. The van der Waals surface area contributed by atoms with Gasteiger partial charge in [-0.05, 0) is 19.9 Å². The second-order valence-electron chi connectivity index (χ2n) is 4.59. The van der Waals surface area contributed by atoms with E-state index in [0.29, 0.717) is 18.2 Å². The number of carbonyl (C=O) groups is 1. The first kappa shape index (κ1) is 13.2. The number of hydrogen-bond donors (Lipinski definition) is 0. The summed E-state index contributed by atoms with van der Waals surface area (Å²) in [6.45, 7) is 2.81. The number of likely N-dealkylation sites (tertiary alicyclic amines) is 1. The van der Waals surface area contributed by atoms with Crippen molar-refractivity contribution in [2.45, 2.75) is 19.4 Å². The summed E-state index contributed by atoms with van der Waals surface area (Å²) in [6.07, 6.45) is 5.41. The van der Waals surface area contributed by atoms with Gasteiger partial charge < -0.3 is 4.90 Å². The van der Waals surface area contributed by atoms with Crippen LogP contribution in [0.4, 0.5) is 0 Å². The summed E-state index contributed by atoms with van der Waals surface area (Å²) in [4.78, 5) is 23.9. The number of aromatic nitrogens is 2. The molecule has 0 saturated carbocycles. The first-order valence-corrected chi connectivity index (χ1v) is 6.45. The summed E-state index contributed by atoms with van der Waals surface area (Å²) < 4.78 is 0. The highest BCUT2D eigenvalue weighted by molar-refractivity contribution is 6.29. The number of likely N-dealkylation sites (N-methyl/N-ethyl adjacent to an activating group) is 1. The van der Waals surface area contributed by atoms with E-state index in [9.17, 15) is 4.79 Å². The van der Waals surface area contributed by atoms with E-state index >= 15 is 0 Å². The van der Waals surface area contributed by atoms with E-state index in [-0.39, 0.29) is 5.91 Å². The maximum absolute atomic E-state index is 11.9. The predicted molar refractivity (Wildman–Crippen MR) is 69.2 cm³/mol. The molecule has 18 heavy (non-hydrogen) atoms. The molecule has 1 aliphatic rings. The van der Waals surface area contributed by atoms with E-state index in [1.807, 2.05) is 16.8 Å². The Bertz CT molecular complexity index is 403. The summed E-state index contributed by atoms with van der Waals surface area (Å²) in [5, 5.41) is 0.384. The summed E-state index contributed by atoms with van der Waals surface area (Å²) in [5.74, 6) is 0.192. The lowest BCUT2D eigenvalue weighted by Gasteiger charge is -2.20. The Morgan fingerprint density at radius 1 is 1.39 bits per heavy atom. The van der Waals surface area contributed by atoms with E-state index in [2.05, 4.69) is 9.97 Å². The molecule has 0 aliphatic carbocycles. The van der Waals surface area contributed by atoms with Crippen LogP contribution >= 0.6 is 11.6 Å². The van der Waals surface area contributed by atoms with Crippen molar-refractivity contribution in [3.05, 3.63) is 23.2 Å². The van der Waals surface area contributed by atoms with E-state index in [4.69, 9.17) is 11.6 Å². The molecule has 1 aromatic rings. The standard InChI is InChI=1S/C12H17ClN4O/c1-16(8-10-6-15-11(13)7-14-10)9-12(18)17-4-2-3-5-17/h6-7H,2-5,8-9H2,1H3. The van der Waals surface area contributed by atoms with Gasteiger partial charge in [0, 0.05) is 19.6 Å². The first-order valence-electron chi connectivity index (χ1n) is 6.08. The Kier molecular flexibility index (Phi) is 4.49. The van der Waals surface area contributed by atoms with E-state index in [1.165, 1.54) is 6.20 Å². The molecule has 0 spiro atoms. The molecule has 2 rings (SSSR count). The molecule has 2 heterocycles. The number of amides is 1. The second-order valence-corrected chi connectivity index (χ2v) is 4.98.